The summed E-state index contributed by atoms with van der Waals surface area (Å²) in [6, 6.07) is 1.66. The number of esters is 1. The first kappa shape index (κ1) is 15.3. The van der Waals surface area contributed by atoms with Crippen molar-refractivity contribution < 1.29 is 14.3 Å². The van der Waals surface area contributed by atoms with Crippen molar-refractivity contribution in [1.82, 2.24) is 9.88 Å². The molecule has 0 spiro atoms. The minimum Gasteiger partial charge on any atom is -0.469 e. The number of carbonyl (C=O) groups excluding carboxylic acids is 2. The summed E-state index contributed by atoms with van der Waals surface area (Å²) < 4.78 is 5.43. The highest BCUT2D eigenvalue weighted by molar-refractivity contribution is 9.10. The number of aromatic nitrogens is 1. The summed E-state index contributed by atoms with van der Waals surface area (Å²) in [5, 5.41) is 0.188. The minimum atomic E-state index is -0.209. The third-order valence-electron chi connectivity index (χ3n) is 3.35. The Hall–Kier alpha value is -1.14. The molecule has 0 bridgehead atoms. The van der Waals surface area contributed by atoms with Gasteiger partial charge in [0.1, 0.15) is 5.15 Å². The maximum Gasteiger partial charge on any atom is 0.308 e. The van der Waals surface area contributed by atoms with Crippen LogP contribution < -0.4 is 0 Å². The van der Waals surface area contributed by atoms with Gasteiger partial charge in [0.2, 0.25) is 0 Å². The average Bonchev–Trinajstić information content (AvgIpc) is 2.48. The molecule has 1 aromatic heterocycles. The Balaban J connectivity index is 2.05. The quantitative estimate of drug-likeness (QED) is 0.600. The lowest BCUT2D eigenvalue weighted by atomic mass is 9.96. The summed E-state index contributed by atoms with van der Waals surface area (Å²) in [5.74, 6) is -0.494. The molecule has 0 aromatic carbocycles. The van der Waals surface area contributed by atoms with Gasteiger partial charge in [-0.2, -0.15) is 0 Å². The van der Waals surface area contributed by atoms with Crippen molar-refractivity contribution in [3.8, 4) is 0 Å². The molecule has 1 amide bonds. The number of halogens is 2. The minimum absolute atomic E-state index is 0.125. The number of pyridine rings is 1. The van der Waals surface area contributed by atoms with E-state index in [1.807, 2.05) is 0 Å². The van der Waals surface area contributed by atoms with E-state index in [9.17, 15) is 9.59 Å². The van der Waals surface area contributed by atoms with Crippen LogP contribution in [0.3, 0.4) is 0 Å². The molecule has 0 unspecified atom stereocenters. The van der Waals surface area contributed by atoms with Crippen LogP contribution in [-0.2, 0) is 9.53 Å². The van der Waals surface area contributed by atoms with Crippen LogP contribution >= 0.6 is 27.5 Å². The zero-order valence-electron chi connectivity index (χ0n) is 10.9. The SMILES string of the molecule is COC(=O)C1CCN(C(=O)c2cc(Br)cnc2Cl)CC1. The highest BCUT2D eigenvalue weighted by atomic mass is 79.9. The summed E-state index contributed by atoms with van der Waals surface area (Å²) in [5.41, 5.74) is 0.373. The fraction of sp³-hybridized carbons (Fsp3) is 0.462. The van der Waals surface area contributed by atoms with Gasteiger partial charge in [-0.25, -0.2) is 4.98 Å². The second kappa shape index (κ2) is 6.54. The van der Waals surface area contributed by atoms with Crippen molar-refractivity contribution >= 4 is 39.4 Å². The third-order valence-corrected chi connectivity index (χ3v) is 4.09. The van der Waals surface area contributed by atoms with Crippen LogP contribution in [0.2, 0.25) is 5.15 Å². The molecule has 20 heavy (non-hydrogen) atoms. The van der Waals surface area contributed by atoms with Gasteiger partial charge in [-0.05, 0) is 34.8 Å². The number of carbonyl (C=O) groups is 2. The monoisotopic (exact) mass is 360 g/mol. The molecule has 108 valence electrons. The number of hydrogen-bond donors (Lipinski definition) is 0. The van der Waals surface area contributed by atoms with Crippen LogP contribution in [-0.4, -0.2) is 42.0 Å². The first-order chi connectivity index (χ1) is 9.52. The Morgan fingerprint density at radius 3 is 2.70 bits per heavy atom. The van der Waals surface area contributed by atoms with Gasteiger partial charge >= 0.3 is 5.97 Å². The highest BCUT2D eigenvalue weighted by Crippen LogP contribution is 2.24. The molecule has 2 rings (SSSR count). The Labute approximate surface area is 130 Å². The number of likely N-dealkylation sites (tertiary alicyclic amines) is 1. The maximum absolute atomic E-state index is 12.4. The van der Waals surface area contributed by atoms with E-state index in [1.54, 1.807) is 17.2 Å². The van der Waals surface area contributed by atoms with E-state index in [4.69, 9.17) is 16.3 Å². The molecule has 1 aromatic rings. The Morgan fingerprint density at radius 2 is 2.10 bits per heavy atom. The second-order valence-corrected chi connectivity index (χ2v) is 5.86. The number of hydrogen-bond acceptors (Lipinski definition) is 4. The van der Waals surface area contributed by atoms with Crippen LogP contribution in [0.1, 0.15) is 23.2 Å². The Bertz CT molecular complexity index is 530. The lowest BCUT2D eigenvalue weighted by molar-refractivity contribution is -0.146. The van der Waals surface area contributed by atoms with Crippen LogP contribution in [0.25, 0.3) is 0 Å². The summed E-state index contributed by atoms with van der Waals surface area (Å²) in [6.07, 6.45) is 2.76. The zero-order valence-corrected chi connectivity index (χ0v) is 13.3. The maximum atomic E-state index is 12.4. The number of piperidine rings is 1. The van der Waals surface area contributed by atoms with Crippen LogP contribution in [0.5, 0.6) is 0 Å². The first-order valence-corrected chi connectivity index (χ1v) is 7.38. The molecule has 0 radical (unpaired) electrons. The summed E-state index contributed by atoms with van der Waals surface area (Å²) in [6.45, 7) is 1.03. The molecule has 0 atom stereocenters. The fourth-order valence-electron chi connectivity index (χ4n) is 2.23. The van der Waals surface area contributed by atoms with Crippen molar-refractivity contribution in [3.05, 3.63) is 27.5 Å². The van der Waals surface area contributed by atoms with E-state index >= 15 is 0 Å². The standard InChI is InChI=1S/C13H14BrClN2O3/c1-20-13(19)8-2-4-17(5-3-8)12(18)10-6-9(14)7-16-11(10)15/h6-8H,2-5H2,1H3. The van der Waals surface area contributed by atoms with Crippen LogP contribution in [0.4, 0.5) is 0 Å². The number of rotatable bonds is 2. The highest BCUT2D eigenvalue weighted by Gasteiger charge is 2.29. The molecule has 7 heteroatoms. The molecular weight excluding hydrogens is 348 g/mol. The van der Waals surface area contributed by atoms with E-state index in [2.05, 4.69) is 20.9 Å². The molecule has 0 aliphatic carbocycles. The second-order valence-electron chi connectivity index (χ2n) is 4.58. The van der Waals surface area contributed by atoms with Crippen LogP contribution in [0.15, 0.2) is 16.7 Å². The summed E-state index contributed by atoms with van der Waals surface area (Å²) in [7, 11) is 1.38. The Morgan fingerprint density at radius 1 is 1.45 bits per heavy atom. The van der Waals surface area contributed by atoms with Gasteiger partial charge < -0.3 is 9.64 Å². The van der Waals surface area contributed by atoms with Gasteiger partial charge in [0.05, 0.1) is 18.6 Å². The average molecular weight is 362 g/mol. The molecule has 1 aliphatic rings. The van der Waals surface area contributed by atoms with E-state index in [-0.39, 0.29) is 22.9 Å². The van der Waals surface area contributed by atoms with Crippen molar-refractivity contribution in [2.75, 3.05) is 20.2 Å². The van der Waals surface area contributed by atoms with Gasteiger partial charge in [0.15, 0.2) is 0 Å². The summed E-state index contributed by atoms with van der Waals surface area (Å²) in [4.78, 5) is 29.5. The molecular formula is C13H14BrClN2O3. The molecule has 2 heterocycles. The van der Waals surface area contributed by atoms with Gasteiger partial charge in [-0.15, -0.1) is 0 Å². The van der Waals surface area contributed by atoms with E-state index in [1.165, 1.54) is 7.11 Å². The van der Waals surface area contributed by atoms with Crippen molar-refractivity contribution in [2.24, 2.45) is 5.92 Å². The van der Waals surface area contributed by atoms with Gasteiger partial charge in [0.25, 0.3) is 5.91 Å². The van der Waals surface area contributed by atoms with E-state index < -0.39 is 0 Å². The topological polar surface area (TPSA) is 59.5 Å². The lowest BCUT2D eigenvalue weighted by Crippen LogP contribution is -2.40. The van der Waals surface area contributed by atoms with Crippen molar-refractivity contribution in [3.63, 3.8) is 0 Å². The largest absolute Gasteiger partial charge is 0.469 e. The van der Waals surface area contributed by atoms with Crippen molar-refractivity contribution in [1.29, 1.82) is 0 Å². The number of ether oxygens (including phenoxy) is 1. The zero-order chi connectivity index (χ0) is 14.7. The number of nitrogens with zero attached hydrogens (tertiary/aromatic N) is 2. The number of methoxy groups -OCH3 is 1. The molecule has 0 saturated carbocycles. The molecule has 1 aliphatic heterocycles. The van der Waals surface area contributed by atoms with Gasteiger partial charge in [-0.3, -0.25) is 9.59 Å². The van der Waals surface area contributed by atoms with E-state index in [0.29, 0.717) is 36.0 Å². The van der Waals surface area contributed by atoms with Gasteiger partial charge in [-0.1, -0.05) is 11.6 Å². The molecule has 5 nitrogen and oxygen atoms in total. The smallest absolute Gasteiger partial charge is 0.308 e. The first-order valence-electron chi connectivity index (χ1n) is 6.21. The molecule has 1 saturated heterocycles. The normalized spacial score (nSPS) is 16.1. The Kier molecular flexibility index (Phi) is 4.99. The lowest BCUT2D eigenvalue weighted by Gasteiger charge is -2.30. The van der Waals surface area contributed by atoms with Crippen LogP contribution in [0, 0.1) is 5.92 Å². The van der Waals surface area contributed by atoms with E-state index in [0.717, 1.165) is 0 Å². The van der Waals surface area contributed by atoms with Crippen molar-refractivity contribution in [2.45, 2.75) is 12.8 Å². The predicted octanol–water partition coefficient (Wildman–Crippen LogP) is 2.52. The number of amides is 1. The summed E-state index contributed by atoms with van der Waals surface area (Å²) >= 11 is 9.23. The fourth-order valence-corrected chi connectivity index (χ4v) is 2.74. The third kappa shape index (κ3) is 3.30. The predicted molar refractivity (Wildman–Crippen MR) is 77.6 cm³/mol. The van der Waals surface area contributed by atoms with Gasteiger partial charge in [0, 0.05) is 23.8 Å². The molecule has 0 N–H and O–H groups in total. The molecule has 1 fully saturated rings.